The molecule has 0 spiro atoms. The molecular weight excluding hydrogens is 573 g/mol. The highest BCUT2D eigenvalue weighted by Crippen LogP contribution is 2.39. The molecule has 3 heterocycles. The predicted molar refractivity (Wildman–Crippen MR) is 165 cm³/mol. The van der Waals surface area contributed by atoms with Gasteiger partial charge in [-0.25, -0.2) is 9.97 Å². The molecule has 4 aromatic rings. The van der Waals surface area contributed by atoms with Crippen molar-refractivity contribution >= 4 is 63.5 Å². The van der Waals surface area contributed by atoms with E-state index in [1.54, 1.807) is 18.3 Å². The van der Waals surface area contributed by atoms with Gasteiger partial charge in [0.1, 0.15) is 5.52 Å². The molecule has 12 heteroatoms. The third-order valence-corrected chi connectivity index (χ3v) is 8.78. The number of nitriles is 1. The van der Waals surface area contributed by atoms with Crippen LogP contribution in [0.15, 0.2) is 48.7 Å². The molecule has 1 aliphatic heterocycles. The number of primary amides is 1. The SMILES string of the molecule is N#Cc1cc(Cl)c(Nc2nc3cnc(N[C@@H]4CCCN(c5ccccc5)C4)nc3n2[C@H]2CC[C@@H](C(N)=O)CC2)c(Cl)c1. The van der Waals surface area contributed by atoms with Crippen molar-refractivity contribution in [3.8, 4) is 6.07 Å². The van der Waals surface area contributed by atoms with Crippen molar-refractivity contribution in [3.05, 3.63) is 64.3 Å². The number of carbonyl (C=O) groups excluding carboxylic acids is 1. The average Bonchev–Trinajstić information content (AvgIpc) is 3.36. The van der Waals surface area contributed by atoms with Crippen molar-refractivity contribution in [1.29, 1.82) is 5.26 Å². The first-order valence-electron chi connectivity index (χ1n) is 14.2. The molecule has 10 nitrogen and oxygen atoms in total. The second kappa shape index (κ2) is 12.0. The zero-order valence-electron chi connectivity index (χ0n) is 22.9. The van der Waals surface area contributed by atoms with E-state index in [1.165, 1.54) is 5.69 Å². The van der Waals surface area contributed by atoms with E-state index in [4.69, 9.17) is 38.9 Å². The molecule has 1 aliphatic carbocycles. The van der Waals surface area contributed by atoms with Crippen LogP contribution in [0.5, 0.6) is 0 Å². The zero-order chi connectivity index (χ0) is 29.2. The summed E-state index contributed by atoms with van der Waals surface area (Å²) in [6, 6.07) is 15.8. The summed E-state index contributed by atoms with van der Waals surface area (Å²) in [5.41, 5.74) is 8.93. The molecule has 0 radical (unpaired) electrons. The maximum absolute atomic E-state index is 11.8. The summed E-state index contributed by atoms with van der Waals surface area (Å²) in [5, 5.41) is 16.8. The highest BCUT2D eigenvalue weighted by Gasteiger charge is 2.30. The number of hydrogen-bond acceptors (Lipinski definition) is 8. The van der Waals surface area contributed by atoms with Gasteiger partial charge < -0.3 is 21.3 Å². The van der Waals surface area contributed by atoms with Crippen LogP contribution in [0.1, 0.15) is 50.1 Å². The lowest BCUT2D eigenvalue weighted by Gasteiger charge is -2.34. The molecule has 1 amide bonds. The molecule has 216 valence electrons. The monoisotopic (exact) mass is 603 g/mol. The molecule has 0 bridgehead atoms. The van der Waals surface area contributed by atoms with E-state index in [0.29, 0.717) is 57.2 Å². The number of halogens is 2. The third kappa shape index (κ3) is 5.80. The minimum absolute atomic E-state index is 0.0232. The zero-order valence-corrected chi connectivity index (χ0v) is 24.4. The van der Waals surface area contributed by atoms with E-state index in [0.717, 1.165) is 38.8 Å². The minimum atomic E-state index is -0.260. The van der Waals surface area contributed by atoms with Gasteiger partial charge in [0, 0.05) is 36.8 Å². The Kier molecular flexibility index (Phi) is 8.05. The number of rotatable bonds is 7. The molecule has 2 fully saturated rings. The van der Waals surface area contributed by atoms with E-state index in [9.17, 15) is 10.1 Å². The standard InChI is InChI=1S/C30H31Cl2N9O/c31-23-13-18(15-33)14-24(32)26(23)38-30-37-25-16-35-29(36-20-5-4-12-40(17-20)21-6-2-1-3-7-21)39-28(25)41(30)22-10-8-19(9-11-22)27(34)42/h1-3,6-7,13-14,16,19-20,22H,4-5,8-12,17H2,(H2,34,42)(H,37,38)(H,35,36,39)/t19-,20-,22+/m1/s1. The van der Waals surface area contributed by atoms with E-state index in [2.05, 4.69) is 55.4 Å². The van der Waals surface area contributed by atoms with Crippen LogP contribution in [0, 0.1) is 17.2 Å². The van der Waals surface area contributed by atoms with Gasteiger partial charge in [-0.15, -0.1) is 0 Å². The van der Waals surface area contributed by atoms with Gasteiger partial charge in [-0.05, 0) is 62.8 Å². The number of aromatic nitrogens is 4. The number of hydrogen-bond donors (Lipinski definition) is 3. The molecule has 2 aliphatic rings. The number of anilines is 4. The molecule has 2 aromatic heterocycles. The fraction of sp³-hybridized carbons (Fsp3) is 0.367. The first kappa shape index (κ1) is 28.1. The molecular formula is C30H31Cl2N9O. The van der Waals surface area contributed by atoms with Crippen LogP contribution in [0.3, 0.4) is 0 Å². The maximum atomic E-state index is 11.8. The van der Waals surface area contributed by atoms with Gasteiger partial charge in [0.05, 0.1) is 33.6 Å². The van der Waals surface area contributed by atoms with Gasteiger partial charge in [-0.3, -0.25) is 9.36 Å². The van der Waals surface area contributed by atoms with Crippen molar-refractivity contribution < 1.29 is 4.79 Å². The van der Waals surface area contributed by atoms with E-state index in [-0.39, 0.29) is 23.9 Å². The second-order valence-electron chi connectivity index (χ2n) is 10.9. The number of imidazole rings is 1. The van der Waals surface area contributed by atoms with E-state index < -0.39 is 0 Å². The fourth-order valence-electron chi connectivity index (χ4n) is 6.03. The highest BCUT2D eigenvalue weighted by molar-refractivity contribution is 6.39. The molecule has 4 N–H and O–H groups in total. The molecule has 0 unspecified atom stereocenters. The molecule has 2 aromatic carbocycles. The first-order valence-corrected chi connectivity index (χ1v) is 14.9. The van der Waals surface area contributed by atoms with Crippen LogP contribution in [0.25, 0.3) is 11.2 Å². The summed E-state index contributed by atoms with van der Waals surface area (Å²) in [4.78, 5) is 28.6. The van der Waals surface area contributed by atoms with Crippen LogP contribution in [-0.4, -0.2) is 44.6 Å². The Morgan fingerprint density at radius 2 is 1.79 bits per heavy atom. The summed E-state index contributed by atoms with van der Waals surface area (Å²) in [6.07, 6.45) is 6.66. The molecule has 1 saturated heterocycles. The van der Waals surface area contributed by atoms with Gasteiger partial charge >= 0.3 is 0 Å². The van der Waals surface area contributed by atoms with Crippen molar-refractivity contribution in [1.82, 2.24) is 19.5 Å². The molecule has 6 rings (SSSR count). The Morgan fingerprint density at radius 3 is 2.48 bits per heavy atom. The molecule has 1 saturated carbocycles. The van der Waals surface area contributed by atoms with Crippen LogP contribution in [0.2, 0.25) is 10.0 Å². The van der Waals surface area contributed by atoms with Gasteiger partial charge in [0.2, 0.25) is 17.8 Å². The number of nitrogens with one attached hydrogen (secondary N) is 2. The second-order valence-corrected chi connectivity index (χ2v) is 11.7. The number of fused-ring (bicyclic) bond motifs is 1. The lowest BCUT2D eigenvalue weighted by molar-refractivity contribution is -0.122. The van der Waals surface area contributed by atoms with Crippen molar-refractivity contribution in [2.45, 2.75) is 50.6 Å². The van der Waals surface area contributed by atoms with Crippen LogP contribution < -0.4 is 21.3 Å². The fourth-order valence-corrected chi connectivity index (χ4v) is 6.61. The van der Waals surface area contributed by atoms with Crippen LogP contribution in [-0.2, 0) is 4.79 Å². The van der Waals surface area contributed by atoms with Gasteiger partial charge in [-0.2, -0.15) is 10.2 Å². The Morgan fingerprint density at radius 1 is 1.05 bits per heavy atom. The quantitative estimate of drug-likeness (QED) is 0.232. The summed E-state index contributed by atoms with van der Waals surface area (Å²) >= 11 is 13.0. The topological polar surface area (TPSA) is 138 Å². The number of para-hydroxylation sites is 1. The summed E-state index contributed by atoms with van der Waals surface area (Å²) in [6.45, 7) is 1.86. The summed E-state index contributed by atoms with van der Waals surface area (Å²) in [7, 11) is 0. The number of piperidine rings is 1. The Bertz CT molecular complexity index is 1620. The predicted octanol–water partition coefficient (Wildman–Crippen LogP) is 6.05. The summed E-state index contributed by atoms with van der Waals surface area (Å²) < 4.78 is 2.06. The largest absolute Gasteiger partial charge is 0.369 e. The van der Waals surface area contributed by atoms with E-state index >= 15 is 0 Å². The lowest BCUT2D eigenvalue weighted by Crippen LogP contribution is -2.42. The lowest BCUT2D eigenvalue weighted by atomic mass is 9.85. The van der Waals surface area contributed by atoms with Gasteiger partial charge in [0.25, 0.3) is 0 Å². The number of carbonyl (C=O) groups is 1. The number of nitrogens with two attached hydrogens (primary N) is 1. The first-order chi connectivity index (χ1) is 20.4. The summed E-state index contributed by atoms with van der Waals surface area (Å²) in [5.74, 6) is 0.653. The average molecular weight is 605 g/mol. The molecule has 42 heavy (non-hydrogen) atoms. The van der Waals surface area contributed by atoms with Gasteiger partial charge in [0.15, 0.2) is 5.65 Å². The maximum Gasteiger partial charge on any atom is 0.225 e. The van der Waals surface area contributed by atoms with Crippen molar-refractivity contribution in [2.24, 2.45) is 11.7 Å². The Labute approximate surface area is 253 Å². The smallest absolute Gasteiger partial charge is 0.225 e. The van der Waals surface area contributed by atoms with Crippen molar-refractivity contribution in [3.63, 3.8) is 0 Å². The molecule has 1 atom stereocenters. The highest BCUT2D eigenvalue weighted by atomic mass is 35.5. The Hall–Kier alpha value is -4.07. The van der Waals surface area contributed by atoms with Crippen LogP contribution in [0.4, 0.5) is 23.3 Å². The number of benzene rings is 2. The normalized spacial score (nSPS) is 20.7. The minimum Gasteiger partial charge on any atom is -0.369 e. The van der Waals surface area contributed by atoms with E-state index in [1.807, 2.05) is 6.07 Å². The van der Waals surface area contributed by atoms with Gasteiger partial charge in [-0.1, -0.05) is 41.4 Å². The Balaban J connectivity index is 1.32. The number of amides is 1. The van der Waals surface area contributed by atoms with Crippen LogP contribution >= 0.6 is 23.2 Å². The number of nitrogens with zero attached hydrogens (tertiary/aromatic N) is 6. The third-order valence-electron chi connectivity index (χ3n) is 8.18. The van der Waals surface area contributed by atoms with Crippen molar-refractivity contribution in [2.75, 3.05) is 28.6 Å².